The lowest BCUT2D eigenvalue weighted by atomic mass is 9.44. The lowest BCUT2D eigenvalue weighted by Gasteiger charge is -2.67. The molecular formula is C58H67NO17. The smallest absolute Gasteiger partial charge is 0.348 e. The quantitative estimate of drug-likeness (QED) is 0.0599. The van der Waals surface area contributed by atoms with Crippen LogP contribution in [0.1, 0.15) is 127 Å². The Morgan fingerprint density at radius 2 is 1.37 bits per heavy atom. The van der Waals surface area contributed by atoms with E-state index in [9.17, 15) is 43.8 Å². The summed E-state index contributed by atoms with van der Waals surface area (Å²) in [5, 5.41) is 28.9. The van der Waals surface area contributed by atoms with Crippen molar-refractivity contribution in [3.63, 3.8) is 0 Å². The highest BCUT2D eigenvalue weighted by molar-refractivity contribution is 5.98. The van der Waals surface area contributed by atoms with Crippen molar-refractivity contribution in [3.05, 3.63) is 119 Å². The molecule has 76 heavy (non-hydrogen) atoms. The van der Waals surface area contributed by atoms with Crippen LogP contribution in [0, 0.1) is 22.7 Å². The number of carbonyl (C=O) groups is 9. The van der Waals surface area contributed by atoms with Crippen LogP contribution in [0.25, 0.3) is 0 Å². The zero-order valence-electron chi connectivity index (χ0n) is 44.2. The Morgan fingerprint density at radius 1 is 0.776 bits per heavy atom. The van der Waals surface area contributed by atoms with E-state index in [2.05, 4.69) is 5.32 Å². The topological polar surface area (TPSA) is 261 Å². The summed E-state index contributed by atoms with van der Waals surface area (Å²) in [6, 6.07) is 22.9. The number of nitrogens with one attached hydrogen (secondary N) is 1. The highest BCUT2D eigenvalue weighted by Gasteiger charge is 2.78. The molecule has 0 aromatic heterocycles. The molecule has 3 aromatic rings. The summed E-state index contributed by atoms with van der Waals surface area (Å²) < 4.78 is 37.2. The third kappa shape index (κ3) is 10.8. The van der Waals surface area contributed by atoms with Crippen molar-refractivity contribution in [2.75, 3.05) is 6.61 Å². The van der Waals surface area contributed by atoms with Crippen LogP contribution in [0.3, 0.4) is 0 Å². The molecule has 18 nitrogen and oxygen atoms in total. The molecule has 0 radical (unpaired) electrons. The van der Waals surface area contributed by atoms with Crippen molar-refractivity contribution < 1.29 is 81.8 Å². The number of hydrogen-bond donors (Lipinski definition) is 3. The first kappa shape index (κ1) is 56.8. The van der Waals surface area contributed by atoms with Crippen LogP contribution in [-0.2, 0) is 62.0 Å². The number of esters is 5. The van der Waals surface area contributed by atoms with E-state index in [1.165, 1.54) is 46.8 Å². The number of fused-ring (bicyclic) bond motifs is 5. The van der Waals surface area contributed by atoms with Crippen molar-refractivity contribution in [1.82, 2.24) is 5.32 Å². The standard InChI is InChI=1S/C58H67NO17/c1-31(2)46(59-44(65)26-25-32(3)60)53(68)74-47(39(36-19-13-10-14-20-36)27-40(63)37-21-15-11-16-22-37)54(69)73-41-29-58(70)51(75-52(67)38-23-17-12-18-24-38)49-56(9,42(64)28-43-57(49,30-71-43)76-35(6)62)50(66)48(72-34(5)61)45(33(41)4)55(58,7)8/h10-24,31,39,41-43,46-49,51,64,70H,25-30H2,1-9H3,(H,59,65)/t39-,41-,42-,43+,46-,47+,48+,49-,51-,56+,57-,58+/m0/s1. The number of rotatable bonds is 18. The lowest BCUT2D eigenvalue weighted by Crippen LogP contribution is -2.82. The number of aliphatic hydroxyl groups excluding tert-OH is 1. The van der Waals surface area contributed by atoms with Gasteiger partial charge in [0.25, 0.3) is 0 Å². The molecule has 0 unspecified atom stereocenters. The second kappa shape index (κ2) is 22.4. The SMILES string of the molecule is CC(=O)CCC(=O)N[C@H](C(=O)O[C@@H](C(=O)O[C@H]1C[C@@]2(O)[C@@H](OC(=O)c3ccccc3)[C@@H]3[C@]4(OC(C)=O)CO[C@@H]4C[C@H](O)[C@@]3(C)C(=O)[C@H](OC(C)=O)C(=C1C)C2(C)C)[C@@H](CC(=O)c1ccccc1)c1ccccc1)C(C)C. The van der Waals surface area contributed by atoms with Crippen LogP contribution in [0.2, 0.25) is 0 Å². The second-order valence-electron chi connectivity index (χ2n) is 21.5. The van der Waals surface area contributed by atoms with Gasteiger partial charge in [-0.3, -0.25) is 24.0 Å². The van der Waals surface area contributed by atoms with Gasteiger partial charge in [-0.15, -0.1) is 0 Å². The van der Waals surface area contributed by atoms with Gasteiger partial charge in [0, 0.05) is 62.8 Å². The number of Topliss-reactive ketones (excluding diaryl/α,β-unsaturated/α-hetero) is 3. The predicted molar refractivity (Wildman–Crippen MR) is 270 cm³/mol. The number of benzene rings is 3. The van der Waals surface area contributed by atoms with Crippen molar-refractivity contribution in [2.24, 2.45) is 22.7 Å². The largest absolute Gasteiger partial charge is 0.455 e. The minimum atomic E-state index is -2.51. The molecule has 7 rings (SSSR count). The molecule has 0 spiro atoms. The summed E-state index contributed by atoms with van der Waals surface area (Å²) in [5.74, 6) is -10.9. The van der Waals surface area contributed by atoms with Gasteiger partial charge in [-0.05, 0) is 55.5 Å². The highest BCUT2D eigenvalue weighted by atomic mass is 16.6. The molecule has 1 heterocycles. The van der Waals surface area contributed by atoms with E-state index in [4.69, 9.17) is 28.4 Å². The number of carbonyl (C=O) groups excluding carboxylic acids is 9. The van der Waals surface area contributed by atoms with E-state index in [0.717, 1.165) is 13.8 Å². The Morgan fingerprint density at radius 3 is 1.91 bits per heavy atom. The van der Waals surface area contributed by atoms with E-state index in [-0.39, 0.29) is 53.9 Å². The Hall–Kier alpha value is -6.89. The molecule has 2 saturated carbocycles. The van der Waals surface area contributed by atoms with Gasteiger partial charge in [-0.25, -0.2) is 14.4 Å². The molecule has 1 aliphatic heterocycles. The molecule has 2 bridgehead atoms. The number of amides is 1. The molecule has 406 valence electrons. The fourth-order valence-electron chi connectivity index (χ4n) is 11.8. The first-order valence-electron chi connectivity index (χ1n) is 25.5. The average Bonchev–Trinajstić information content (AvgIpc) is 3.37. The third-order valence-electron chi connectivity index (χ3n) is 16.0. The van der Waals surface area contributed by atoms with Gasteiger partial charge in [-0.1, -0.05) is 107 Å². The monoisotopic (exact) mass is 1050 g/mol. The summed E-state index contributed by atoms with van der Waals surface area (Å²) in [6.07, 6.45) is -11.8. The summed E-state index contributed by atoms with van der Waals surface area (Å²) in [7, 11) is 0. The zero-order valence-corrected chi connectivity index (χ0v) is 44.2. The zero-order chi connectivity index (χ0) is 55.7. The second-order valence-corrected chi connectivity index (χ2v) is 21.5. The Kier molecular flexibility index (Phi) is 16.7. The van der Waals surface area contributed by atoms with Crippen LogP contribution >= 0.6 is 0 Å². The fraction of sp³-hybridized carbons (Fsp3) is 0.500. The van der Waals surface area contributed by atoms with E-state index in [1.807, 2.05) is 0 Å². The van der Waals surface area contributed by atoms with Crippen LogP contribution in [0.15, 0.2) is 102 Å². The van der Waals surface area contributed by atoms with Crippen LogP contribution in [0.4, 0.5) is 0 Å². The van der Waals surface area contributed by atoms with E-state index < -0.39 is 143 Å². The molecule has 1 amide bonds. The molecule has 3 aliphatic carbocycles. The number of ketones is 3. The molecule has 4 aliphatic rings. The Labute approximate surface area is 441 Å². The normalized spacial score (nSPS) is 28.5. The molecule has 3 N–H and O–H groups in total. The van der Waals surface area contributed by atoms with Gasteiger partial charge in [0.2, 0.25) is 12.0 Å². The maximum Gasteiger partial charge on any atom is 0.348 e. The van der Waals surface area contributed by atoms with Crippen molar-refractivity contribution >= 4 is 53.1 Å². The first-order valence-corrected chi connectivity index (χ1v) is 25.5. The minimum absolute atomic E-state index is 0.0261. The lowest BCUT2D eigenvalue weighted by molar-refractivity contribution is -0.346. The van der Waals surface area contributed by atoms with E-state index in [0.29, 0.717) is 5.56 Å². The Balaban J connectivity index is 1.42. The number of ether oxygens (including phenoxy) is 6. The predicted octanol–water partition coefficient (Wildman–Crippen LogP) is 5.68. The van der Waals surface area contributed by atoms with Gasteiger partial charge in [0.05, 0.1) is 29.6 Å². The van der Waals surface area contributed by atoms with Crippen molar-refractivity contribution in [2.45, 2.75) is 154 Å². The molecule has 1 saturated heterocycles. The van der Waals surface area contributed by atoms with Crippen molar-refractivity contribution in [1.29, 1.82) is 0 Å². The van der Waals surface area contributed by atoms with E-state index in [1.54, 1.807) is 92.7 Å². The molecule has 3 aromatic carbocycles. The van der Waals surface area contributed by atoms with Gasteiger partial charge < -0.3 is 48.7 Å². The number of aliphatic hydroxyl groups is 2. The molecular weight excluding hydrogens is 983 g/mol. The average molecular weight is 1050 g/mol. The minimum Gasteiger partial charge on any atom is -0.455 e. The number of hydrogen-bond acceptors (Lipinski definition) is 17. The van der Waals surface area contributed by atoms with E-state index >= 15 is 9.59 Å². The van der Waals surface area contributed by atoms with Gasteiger partial charge in [-0.2, -0.15) is 0 Å². The summed E-state index contributed by atoms with van der Waals surface area (Å²) in [4.78, 5) is 126. The summed E-state index contributed by atoms with van der Waals surface area (Å²) in [5.41, 5.74) is -7.54. The van der Waals surface area contributed by atoms with Crippen LogP contribution in [-0.4, -0.2) is 124 Å². The molecule has 18 heteroatoms. The summed E-state index contributed by atoms with van der Waals surface area (Å²) in [6.45, 7) is 12.4. The fourth-order valence-corrected chi connectivity index (χ4v) is 11.8. The van der Waals surface area contributed by atoms with Gasteiger partial charge >= 0.3 is 29.8 Å². The summed E-state index contributed by atoms with van der Waals surface area (Å²) >= 11 is 0. The van der Waals surface area contributed by atoms with Gasteiger partial charge in [0.1, 0.15) is 35.7 Å². The highest BCUT2D eigenvalue weighted by Crippen LogP contribution is 2.64. The van der Waals surface area contributed by atoms with Gasteiger partial charge in [0.15, 0.2) is 23.3 Å². The third-order valence-corrected chi connectivity index (χ3v) is 16.0. The van der Waals surface area contributed by atoms with Crippen LogP contribution < -0.4 is 5.32 Å². The maximum absolute atomic E-state index is 15.8. The molecule has 3 fully saturated rings. The van der Waals surface area contributed by atoms with Crippen molar-refractivity contribution in [3.8, 4) is 0 Å². The Bertz CT molecular complexity index is 2770. The van der Waals surface area contributed by atoms with Crippen LogP contribution in [0.5, 0.6) is 0 Å². The first-order chi connectivity index (χ1) is 35.8. The maximum atomic E-state index is 15.8. The molecule has 12 atom stereocenters.